The molecule has 0 aromatic rings. The van der Waals surface area contributed by atoms with E-state index >= 15 is 0 Å². The average molecular weight is 202 g/mol. The Labute approximate surface area is 91.9 Å². The Bertz CT molecular complexity index is 321. The van der Waals surface area contributed by atoms with E-state index in [1.54, 1.807) is 6.08 Å². The predicted molar refractivity (Wildman–Crippen MR) is 61.3 cm³/mol. The molecule has 0 heterocycles. The molecule has 0 N–H and O–H groups in total. The molecular weight excluding hydrogens is 184 g/mol. The maximum absolute atomic E-state index is 11.2. The second kappa shape index (κ2) is 5.16. The molecule has 1 fully saturated rings. The maximum atomic E-state index is 11.2. The van der Waals surface area contributed by atoms with Crippen LogP contribution in [0, 0.1) is 17.8 Å². The van der Waals surface area contributed by atoms with E-state index in [9.17, 15) is 4.79 Å². The molecule has 0 aromatic heterocycles. The molecule has 0 spiro atoms. The fourth-order valence-corrected chi connectivity index (χ4v) is 2.33. The highest BCUT2D eigenvalue weighted by molar-refractivity contribution is 5.91. The zero-order valence-electron chi connectivity index (χ0n) is 9.22. The van der Waals surface area contributed by atoms with Crippen LogP contribution >= 0.6 is 0 Å². The van der Waals surface area contributed by atoms with Gasteiger partial charge in [0.15, 0.2) is 5.78 Å². The highest BCUT2D eigenvalue weighted by atomic mass is 16.1. The molecule has 1 nitrogen and oxygen atoms in total. The fourth-order valence-electron chi connectivity index (χ4n) is 2.33. The molecule has 2 aliphatic carbocycles. The molecule has 0 aliphatic heterocycles. The van der Waals surface area contributed by atoms with Crippen molar-refractivity contribution in [2.75, 3.05) is 0 Å². The van der Waals surface area contributed by atoms with Crippen molar-refractivity contribution in [3.05, 3.63) is 11.6 Å². The first-order chi connectivity index (χ1) is 7.34. The summed E-state index contributed by atoms with van der Waals surface area (Å²) >= 11 is 0. The Balaban J connectivity index is 1.94. The zero-order chi connectivity index (χ0) is 10.5. The van der Waals surface area contributed by atoms with Crippen LogP contribution in [0.15, 0.2) is 11.6 Å². The van der Waals surface area contributed by atoms with Gasteiger partial charge in [-0.05, 0) is 31.8 Å². The first-order valence-corrected chi connectivity index (χ1v) is 6.09. The van der Waals surface area contributed by atoms with Crippen molar-refractivity contribution in [1.82, 2.24) is 0 Å². The molecule has 80 valence electrons. The van der Waals surface area contributed by atoms with E-state index in [0.29, 0.717) is 12.3 Å². The smallest absolute Gasteiger partial charge is 0.156 e. The Hall–Kier alpha value is -1.03. The second-order valence-corrected chi connectivity index (χ2v) is 4.59. The molecule has 0 unspecified atom stereocenters. The van der Waals surface area contributed by atoms with E-state index in [0.717, 1.165) is 18.4 Å². The lowest BCUT2D eigenvalue weighted by atomic mass is 9.89. The number of rotatable bonds is 0. The number of carbonyl (C=O) groups excluding carboxylic acids is 1. The molecule has 2 rings (SSSR count). The first-order valence-electron chi connectivity index (χ1n) is 6.09. The number of hydrogen-bond donors (Lipinski definition) is 0. The minimum Gasteiger partial charge on any atom is -0.295 e. The van der Waals surface area contributed by atoms with Crippen LogP contribution in [0.1, 0.15) is 51.4 Å². The predicted octanol–water partition coefficient (Wildman–Crippen LogP) is 3.25. The van der Waals surface area contributed by atoms with Gasteiger partial charge in [0.05, 0.1) is 0 Å². The molecule has 0 atom stereocenters. The van der Waals surface area contributed by atoms with Crippen LogP contribution in [-0.4, -0.2) is 5.78 Å². The molecule has 0 radical (unpaired) electrons. The van der Waals surface area contributed by atoms with Crippen molar-refractivity contribution in [2.45, 2.75) is 51.4 Å². The fraction of sp³-hybridized carbons (Fsp3) is 0.643. The summed E-state index contributed by atoms with van der Waals surface area (Å²) in [5.41, 5.74) is 1.07. The summed E-state index contributed by atoms with van der Waals surface area (Å²) in [6, 6.07) is 0. The topological polar surface area (TPSA) is 17.1 Å². The highest BCUT2D eigenvalue weighted by Crippen LogP contribution is 2.23. The summed E-state index contributed by atoms with van der Waals surface area (Å²) in [6.07, 6.45) is 11.0. The molecule has 0 aromatic carbocycles. The van der Waals surface area contributed by atoms with E-state index in [1.807, 2.05) is 0 Å². The number of carbonyl (C=O) groups is 1. The molecule has 2 aliphatic rings. The lowest BCUT2D eigenvalue weighted by Gasteiger charge is -2.15. The molecule has 0 saturated heterocycles. The lowest BCUT2D eigenvalue weighted by Crippen LogP contribution is -2.04. The number of hydrogen-bond acceptors (Lipinski definition) is 1. The second-order valence-electron chi connectivity index (χ2n) is 4.59. The standard InChI is InChI=1S/C14H18O/c15-14-8-4-7-13(11-14)10-9-12-5-2-1-3-6-12/h11-12H,1-8H2. The molecule has 0 amide bonds. The van der Waals surface area contributed by atoms with E-state index in [-0.39, 0.29) is 5.78 Å². The largest absolute Gasteiger partial charge is 0.295 e. The van der Waals surface area contributed by atoms with E-state index in [1.165, 1.54) is 32.1 Å². The summed E-state index contributed by atoms with van der Waals surface area (Å²) in [4.78, 5) is 11.2. The van der Waals surface area contributed by atoms with Gasteiger partial charge in [0, 0.05) is 17.9 Å². The summed E-state index contributed by atoms with van der Waals surface area (Å²) in [5, 5.41) is 0. The normalized spacial score (nSPS) is 22.9. The van der Waals surface area contributed by atoms with Crippen LogP contribution in [0.2, 0.25) is 0 Å². The van der Waals surface area contributed by atoms with Crippen LogP contribution < -0.4 is 0 Å². The third kappa shape index (κ3) is 3.23. The third-order valence-corrected chi connectivity index (χ3v) is 3.25. The Morgan fingerprint density at radius 2 is 1.87 bits per heavy atom. The van der Waals surface area contributed by atoms with Crippen molar-refractivity contribution in [3.8, 4) is 11.8 Å². The van der Waals surface area contributed by atoms with Crippen LogP contribution in [0.4, 0.5) is 0 Å². The maximum Gasteiger partial charge on any atom is 0.156 e. The third-order valence-electron chi connectivity index (χ3n) is 3.25. The lowest BCUT2D eigenvalue weighted by molar-refractivity contribution is -0.115. The molecular formula is C14H18O. The van der Waals surface area contributed by atoms with Crippen molar-refractivity contribution in [3.63, 3.8) is 0 Å². The van der Waals surface area contributed by atoms with Gasteiger partial charge in [-0.1, -0.05) is 31.1 Å². The van der Waals surface area contributed by atoms with Crippen LogP contribution in [0.25, 0.3) is 0 Å². The summed E-state index contributed by atoms with van der Waals surface area (Å²) in [5.74, 6) is 7.41. The monoisotopic (exact) mass is 202 g/mol. The van der Waals surface area contributed by atoms with Crippen molar-refractivity contribution in [1.29, 1.82) is 0 Å². The Kier molecular flexibility index (Phi) is 3.61. The van der Waals surface area contributed by atoms with Gasteiger partial charge in [0.25, 0.3) is 0 Å². The van der Waals surface area contributed by atoms with E-state index in [4.69, 9.17) is 0 Å². The van der Waals surface area contributed by atoms with Crippen molar-refractivity contribution < 1.29 is 4.79 Å². The molecule has 1 heteroatoms. The molecule has 0 bridgehead atoms. The van der Waals surface area contributed by atoms with Gasteiger partial charge in [-0.15, -0.1) is 0 Å². The minimum absolute atomic E-state index is 0.259. The number of allylic oxidation sites excluding steroid dienone is 2. The first kappa shape index (κ1) is 10.5. The molecule has 1 saturated carbocycles. The SMILES string of the molecule is O=C1C=C(C#CC2CCCCC2)CCC1. The number of ketones is 1. The van der Waals surface area contributed by atoms with E-state index < -0.39 is 0 Å². The van der Waals surface area contributed by atoms with Gasteiger partial charge in [-0.25, -0.2) is 0 Å². The van der Waals surface area contributed by atoms with E-state index in [2.05, 4.69) is 11.8 Å². The van der Waals surface area contributed by atoms with Gasteiger partial charge in [0.1, 0.15) is 0 Å². The molecule has 15 heavy (non-hydrogen) atoms. The van der Waals surface area contributed by atoms with Crippen LogP contribution in [0.3, 0.4) is 0 Å². The van der Waals surface area contributed by atoms with Gasteiger partial charge < -0.3 is 0 Å². The average Bonchev–Trinajstić information content (AvgIpc) is 2.28. The van der Waals surface area contributed by atoms with Gasteiger partial charge in [0.2, 0.25) is 0 Å². The van der Waals surface area contributed by atoms with Crippen molar-refractivity contribution in [2.24, 2.45) is 5.92 Å². The quantitative estimate of drug-likeness (QED) is 0.551. The highest BCUT2D eigenvalue weighted by Gasteiger charge is 2.11. The van der Waals surface area contributed by atoms with Crippen molar-refractivity contribution >= 4 is 5.78 Å². The van der Waals surface area contributed by atoms with Gasteiger partial charge >= 0.3 is 0 Å². The van der Waals surface area contributed by atoms with Crippen LogP contribution in [-0.2, 0) is 4.79 Å². The zero-order valence-corrected chi connectivity index (χ0v) is 9.22. The summed E-state index contributed by atoms with van der Waals surface area (Å²) in [7, 11) is 0. The summed E-state index contributed by atoms with van der Waals surface area (Å²) in [6.45, 7) is 0. The van der Waals surface area contributed by atoms with Gasteiger partial charge in [-0.3, -0.25) is 4.79 Å². The Morgan fingerprint density at radius 1 is 1.07 bits per heavy atom. The minimum atomic E-state index is 0.259. The summed E-state index contributed by atoms with van der Waals surface area (Å²) < 4.78 is 0. The Morgan fingerprint density at radius 3 is 2.60 bits per heavy atom. The van der Waals surface area contributed by atoms with Crippen LogP contribution in [0.5, 0.6) is 0 Å². The van der Waals surface area contributed by atoms with Gasteiger partial charge in [-0.2, -0.15) is 0 Å².